The highest BCUT2D eigenvalue weighted by Gasteiger charge is 2.67. The maximum Gasteiger partial charge on any atom is 0.231 e. The van der Waals surface area contributed by atoms with Crippen LogP contribution in [0.5, 0.6) is 0 Å². The van der Waals surface area contributed by atoms with Crippen molar-refractivity contribution in [3.05, 3.63) is 98.0 Å². The minimum atomic E-state index is -1.30. The van der Waals surface area contributed by atoms with Gasteiger partial charge in [-0.15, -0.1) is 23.2 Å². The summed E-state index contributed by atoms with van der Waals surface area (Å²) >= 11 is 31.3. The molecule has 3 aromatic carbocycles. The average molecular weight is 542 g/mol. The van der Waals surface area contributed by atoms with Crippen molar-refractivity contribution in [1.29, 1.82) is 0 Å². The number of amides is 1. The van der Waals surface area contributed by atoms with Crippen molar-refractivity contribution in [2.75, 3.05) is 5.32 Å². The van der Waals surface area contributed by atoms with E-state index >= 15 is 0 Å². The Bertz CT molecular complexity index is 1240. The fourth-order valence-electron chi connectivity index (χ4n) is 3.94. The highest BCUT2D eigenvalue weighted by molar-refractivity contribution is 6.53. The highest BCUT2D eigenvalue weighted by atomic mass is 35.5. The van der Waals surface area contributed by atoms with E-state index in [9.17, 15) is 9.59 Å². The molecule has 0 bridgehead atoms. The number of halogens is 5. The summed E-state index contributed by atoms with van der Waals surface area (Å²) in [6.45, 7) is 1.95. The Morgan fingerprint density at radius 2 is 1.61 bits per heavy atom. The van der Waals surface area contributed by atoms with Gasteiger partial charge < -0.3 is 5.32 Å². The Labute approximate surface area is 216 Å². The van der Waals surface area contributed by atoms with Gasteiger partial charge in [0, 0.05) is 33.6 Å². The molecule has 4 rings (SSSR count). The molecule has 0 heterocycles. The summed E-state index contributed by atoms with van der Waals surface area (Å²) in [6, 6.07) is 17.4. The number of hydrogen-bond donors (Lipinski definition) is 1. The van der Waals surface area contributed by atoms with Crippen LogP contribution in [0.3, 0.4) is 0 Å². The average Bonchev–Trinajstić information content (AvgIpc) is 3.32. The van der Waals surface area contributed by atoms with E-state index in [2.05, 4.69) is 5.32 Å². The molecule has 8 heteroatoms. The molecule has 3 aromatic rings. The third kappa shape index (κ3) is 5.18. The van der Waals surface area contributed by atoms with Crippen LogP contribution in [-0.4, -0.2) is 16.0 Å². The molecule has 0 saturated heterocycles. The SMILES string of the molecule is Cc1ccccc1CC(=O)c1cc(NC(=O)C2C(c3cc(Cl)cc(Cl)c3)C2(Cl)Cl)ccc1Cl. The number of benzene rings is 3. The lowest BCUT2D eigenvalue weighted by Gasteiger charge is -2.10. The number of anilines is 1. The fourth-order valence-corrected chi connectivity index (χ4v) is 5.53. The first-order valence-corrected chi connectivity index (χ1v) is 12.0. The monoisotopic (exact) mass is 539 g/mol. The van der Waals surface area contributed by atoms with Gasteiger partial charge in [0.2, 0.25) is 5.91 Å². The molecule has 1 aliphatic carbocycles. The first kappa shape index (κ1) is 24.4. The lowest BCUT2D eigenvalue weighted by molar-refractivity contribution is -0.117. The molecule has 1 aliphatic rings. The molecule has 2 unspecified atom stereocenters. The number of rotatable bonds is 6. The number of ketones is 1. The van der Waals surface area contributed by atoms with E-state index in [4.69, 9.17) is 58.0 Å². The number of aryl methyl sites for hydroxylation is 1. The predicted molar refractivity (Wildman–Crippen MR) is 136 cm³/mol. The minimum Gasteiger partial charge on any atom is -0.326 e. The molecule has 1 saturated carbocycles. The van der Waals surface area contributed by atoms with Crippen LogP contribution in [0.25, 0.3) is 0 Å². The summed E-state index contributed by atoms with van der Waals surface area (Å²) in [7, 11) is 0. The molecule has 3 nitrogen and oxygen atoms in total. The van der Waals surface area contributed by atoms with E-state index in [1.54, 1.807) is 36.4 Å². The van der Waals surface area contributed by atoms with Crippen LogP contribution in [0.1, 0.15) is 33.0 Å². The van der Waals surface area contributed by atoms with Crippen LogP contribution in [0.4, 0.5) is 5.69 Å². The molecule has 33 heavy (non-hydrogen) atoms. The molecule has 0 spiro atoms. The smallest absolute Gasteiger partial charge is 0.231 e. The summed E-state index contributed by atoms with van der Waals surface area (Å²) in [6.07, 6.45) is 0.205. The number of hydrogen-bond acceptors (Lipinski definition) is 2. The van der Waals surface area contributed by atoms with E-state index in [0.717, 1.165) is 11.1 Å². The lowest BCUT2D eigenvalue weighted by Crippen LogP contribution is -2.17. The molecule has 0 radical (unpaired) electrons. The molecular formula is C25H18Cl5NO2. The van der Waals surface area contributed by atoms with Crippen LogP contribution in [0.15, 0.2) is 60.7 Å². The van der Waals surface area contributed by atoms with Crippen LogP contribution < -0.4 is 5.32 Å². The van der Waals surface area contributed by atoms with Gasteiger partial charge in [-0.25, -0.2) is 0 Å². The summed E-state index contributed by atoms with van der Waals surface area (Å²) in [5, 5.41) is 3.98. The van der Waals surface area contributed by atoms with Crippen molar-refractivity contribution in [2.45, 2.75) is 23.6 Å². The number of nitrogens with one attached hydrogen (secondary N) is 1. The number of alkyl halides is 2. The summed E-state index contributed by atoms with van der Waals surface area (Å²) < 4.78 is -1.30. The summed E-state index contributed by atoms with van der Waals surface area (Å²) in [4.78, 5) is 25.9. The molecule has 0 aliphatic heterocycles. The second-order valence-corrected chi connectivity index (χ2v) is 10.8. The van der Waals surface area contributed by atoms with Gasteiger partial charge in [0.25, 0.3) is 0 Å². The number of carbonyl (C=O) groups is 2. The predicted octanol–water partition coefficient (Wildman–Crippen LogP) is 7.91. The zero-order valence-electron chi connectivity index (χ0n) is 17.3. The quantitative estimate of drug-likeness (QED) is 0.255. The van der Waals surface area contributed by atoms with Gasteiger partial charge in [0.05, 0.1) is 10.9 Å². The third-order valence-electron chi connectivity index (χ3n) is 5.73. The fraction of sp³-hybridized carbons (Fsp3) is 0.200. The van der Waals surface area contributed by atoms with Gasteiger partial charge in [0.1, 0.15) is 4.33 Å². The van der Waals surface area contributed by atoms with Gasteiger partial charge in [-0.2, -0.15) is 0 Å². The standard InChI is InChI=1S/C25H18Cl5NO2/c1-13-4-2-3-5-14(13)10-21(32)19-12-18(6-7-20(19)28)31-24(33)23-22(25(23,29)30)15-8-16(26)11-17(27)9-15/h2-9,11-12,22-23H,10H2,1H3,(H,31,33). The van der Waals surface area contributed by atoms with Crippen molar-refractivity contribution < 1.29 is 9.59 Å². The van der Waals surface area contributed by atoms with Gasteiger partial charge in [0.15, 0.2) is 5.78 Å². The lowest BCUT2D eigenvalue weighted by atomic mass is 9.99. The van der Waals surface area contributed by atoms with Gasteiger partial charge >= 0.3 is 0 Å². The first-order valence-electron chi connectivity index (χ1n) is 10.1. The second kappa shape index (κ2) is 9.48. The summed E-state index contributed by atoms with van der Waals surface area (Å²) in [5.41, 5.74) is 3.38. The Morgan fingerprint density at radius 3 is 2.27 bits per heavy atom. The summed E-state index contributed by atoms with van der Waals surface area (Å²) in [5.74, 6) is -1.70. The van der Waals surface area contributed by atoms with Crippen LogP contribution in [-0.2, 0) is 11.2 Å². The van der Waals surface area contributed by atoms with E-state index in [1.165, 1.54) is 0 Å². The van der Waals surface area contributed by atoms with Gasteiger partial charge in [-0.3, -0.25) is 9.59 Å². The highest BCUT2D eigenvalue weighted by Crippen LogP contribution is 2.65. The molecule has 1 amide bonds. The molecule has 1 fully saturated rings. The van der Waals surface area contributed by atoms with E-state index in [-0.39, 0.29) is 18.1 Å². The largest absolute Gasteiger partial charge is 0.326 e. The van der Waals surface area contributed by atoms with Crippen molar-refractivity contribution in [3.63, 3.8) is 0 Å². The Kier molecular flexibility index (Phi) is 7.00. The van der Waals surface area contributed by atoms with E-state index in [0.29, 0.717) is 31.9 Å². The van der Waals surface area contributed by atoms with Crippen molar-refractivity contribution in [3.8, 4) is 0 Å². The third-order valence-corrected chi connectivity index (χ3v) is 7.43. The number of carbonyl (C=O) groups excluding carboxylic acids is 2. The van der Waals surface area contributed by atoms with Crippen LogP contribution in [0, 0.1) is 12.8 Å². The molecular weight excluding hydrogens is 524 g/mol. The first-order chi connectivity index (χ1) is 15.6. The molecule has 1 N–H and O–H groups in total. The zero-order chi connectivity index (χ0) is 23.9. The molecule has 0 aromatic heterocycles. The van der Waals surface area contributed by atoms with Crippen molar-refractivity contribution in [2.24, 2.45) is 5.92 Å². The van der Waals surface area contributed by atoms with Crippen molar-refractivity contribution >= 4 is 75.4 Å². The maximum absolute atomic E-state index is 13.0. The Morgan fingerprint density at radius 1 is 0.939 bits per heavy atom. The van der Waals surface area contributed by atoms with Gasteiger partial charge in [-0.1, -0.05) is 59.1 Å². The molecule has 170 valence electrons. The normalized spacial score (nSPS) is 18.6. The zero-order valence-corrected chi connectivity index (χ0v) is 21.1. The van der Waals surface area contributed by atoms with Crippen LogP contribution >= 0.6 is 58.0 Å². The van der Waals surface area contributed by atoms with E-state index < -0.39 is 16.2 Å². The van der Waals surface area contributed by atoms with E-state index in [1.807, 2.05) is 31.2 Å². The van der Waals surface area contributed by atoms with Gasteiger partial charge in [-0.05, 0) is 60.0 Å². The maximum atomic E-state index is 13.0. The molecule has 2 atom stereocenters. The second-order valence-electron chi connectivity index (χ2n) is 8.04. The van der Waals surface area contributed by atoms with Crippen LogP contribution in [0.2, 0.25) is 15.1 Å². The number of Topliss-reactive ketones (excluding diaryl/α,β-unsaturated/α-hetero) is 1. The topological polar surface area (TPSA) is 46.2 Å². The Balaban J connectivity index is 1.52. The van der Waals surface area contributed by atoms with Crippen molar-refractivity contribution in [1.82, 2.24) is 0 Å². The Hall–Kier alpha value is -1.75. The minimum absolute atomic E-state index is 0.146.